The molecule has 0 bridgehead atoms. The van der Waals surface area contributed by atoms with Crippen LogP contribution in [0.5, 0.6) is 0 Å². The highest BCUT2D eigenvalue weighted by Gasteiger charge is 2.09. The molecule has 18 heavy (non-hydrogen) atoms. The van der Waals surface area contributed by atoms with Crippen LogP contribution in [-0.4, -0.2) is 56.0 Å². The molecule has 7 heteroatoms. The summed E-state index contributed by atoms with van der Waals surface area (Å²) in [6.07, 6.45) is 6.74. The molecule has 0 spiro atoms. The van der Waals surface area contributed by atoms with Crippen molar-refractivity contribution in [3.05, 3.63) is 31.0 Å². The molecule has 0 amide bonds. The Morgan fingerprint density at radius 2 is 1.94 bits per heavy atom. The normalized spacial score (nSPS) is 10.6. The molecule has 2 rings (SSSR count). The molecule has 0 aromatic carbocycles. The van der Waals surface area contributed by atoms with Crippen molar-refractivity contribution in [1.29, 1.82) is 0 Å². The van der Waals surface area contributed by atoms with Crippen LogP contribution in [0.1, 0.15) is 0 Å². The molecule has 2 heterocycles. The van der Waals surface area contributed by atoms with Crippen molar-refractivity contribution >= 4 is 5.95 Å². The number of hydrogen-bond acceptors (Lipinski definition) is 6. The lowest BCUT2D eigenvalue weighted by Gasteiger charge is -2.20. The van der Waals surface area contributed by atoms with E-state index in [-0.39, 0.29) is 13.2 Å². The van der Waals surface area contributed by atoms with Gasteiger partial charge in [0.1, 0.15) is 12.1 Å². The van der Waals surface area contributed by atoms with Crippen LogP contribution >= 0.6 is 0 Å². The fourth-order valence-electron chi connectivity index (χ4n) is 1.58. The van der Waals surface area contributed by atoms with Crippen molar-refractivity contribution in [1.82, 2.24) is 19.5 Å². The van der Waals surface area contributed by atoms with Crippen molar-refractivity contribution in [2.45, 2.75) is 0 Å². The number of anilines is 1. The molecular weight excluding hydrogens is 234 g/mol. The molecule has 0 fully saturated rings. The first-order valence-corrected chi connectivity index (χ1v) is 5.63. The summed E-state index contributed by atoms with van der Waals surface area (Å²) in [5.41, 5.74) is 0. The van der Waals surface area contributed by atoms with Crippen LogP contribution < -0.4 is 4.90 Å². The summed E-state index contributed by atoms with van der Waals surface area (Å²) >= 11 is 0. The van der Waals surface area contributed by atoms with E-state index < -0.39 is 0 Å². The zero-order valence-corrected chi connectivity index (χ0v) is 9.85. The summed E-state index contributed by atoms with van der Waals surface area (Å²) in [6.45, 7) is 0.735. The summed E-state index contributed by atoms with van der Waals surface area (Å²) < 4.78 is 1.77. The lowest BCUT2D eigenvalue weighted by Crippen LogP contribution is -2.31. The zero-order valence-electron chi connectivity index (χ0n) is 9.85. The second-order valence-corrected chi connectivity index (χ2v) is 3.62. The Labute approximate surface area is 104 Å². The Morgan fingerprint density at radius 3 is 2.56 bits per heavy atom. The molecule has 0 aliphatic carbocycles. The van der Waals surface area contributed by atoms with Gasteiger partial charge in [-0.25, -0.2) is 9.97 Å². The summed E-state index contributed by atoms with van der Waals surface area (Å²) in [6, 6.07) is 1.77. The van der Waals surface area contributed by atoms with E-state index in [1.165, 1.54) is 0 Å². The number of aromatic nitrogens is 4. The van der Waals surface area contributed by atoms with Crippen LogP contribution in [0.2, 0.25) is 0 Å². The minimum atomic E-state index is -0.0152. The predicted molar refractivity (Wildman–Crippen MR) is 65.5 cm³/mol. The molecule has 0 aliphatic heterocycles. The van der Waals surface area contributed by atoms with Crippen LogP contribution in [0.4, 0.5) is 5.95 Å². The maximum atomic E-state index is 8.98. The van der Waals surface area contributed by atoms with Gasteiger partial charge in [0.15, 0.2) is 0 Å². The average molecular weight is 249 g/mol. The first kappa shape index (κ1) is 12.5. The quantitative estimate of drug-likeness (QED) is 0.714. The minimum absolute atomic E-state index is 0.0152. The van der Waals surface area contributed by atoms with Gasteiger partial charge in [0, 0.05) is 31.7 Å². The third kappa shape index (κ3) is 2.82. The van der Waals surface area contributed by atoms with Gasteiger partial charge in [0.25, 0.3) is 0 Å². The summed E-state index contributed by atoms with van der Waals surface area (Å²) in [4.78, 5) is 14.2. The molecule has 0 saturated heterocycles. The van der Waals surface area contributed by atoms with Gasteiger partial charge < -0.3 is 15.1 Å². The lowest BCUT2D eigenvalue weighted by molar-refractivity contribution is 0.280. The van der Waals surface area contributed by atoms with Gasteiger partial charge >= 0.3 is 0 Å². The van der Waals surface area contributed by atoms with Gasteiger partial charge in [-0.2, -0.15) is 4.98 Å². The van der Waals surface area contributed by atoms with E-state index in [9.17, 15) is 0 Å². The number of aliphatic hydroxyl groups excluding tert-OH is 2. The van der Waals surface area contributed by atoms with Gasteiger partial charge in [-0.15, -0.1) is 0 Å². The van der Waals surface area contributed by atoms with Gasteiger partial charge in [0.2, 0.25) is 5.95 Å². The zero-order chi connectivity index (χ0) is 12.8. The molecule has 2 N–H and O–H groups in total. The van der Waals surface area contributed by atoms with Crippen LogP contribution in [0, 0.1) is 0 Å². The van der Waals surface area contributed by atoms with Gasteiger partial charge in [0.05, 0.1) is 13.2 Å². The Morgan fingerprint density at radius 1 is 1.17 bits per heavy atom. The number of nitrogens with zero attached hydrogens (tertiary/aromatic N) is 5. The van der Waals surface area contributed by atoms with E-state index in [1.54, 1.807) is 40.5 Å². The fourth-order valence-corrected chi connectivity index (χ4v) is 1.58. The van der Waals surface area contributed by atoms with E-state index >= 15 is 0 Å². The highest BCUT2D eigenvalue weighted by molar-refractivity contribution is 5.34. The molecular formula is C11H15N5O2. The van der Waals surface area contributed by atoms with Crippen LogP contribution in [0.25, 0.3) is 5.82 Å². The first-order valence-electron chi connectivity index (χ1n) is 5.63. The predicted octanol–water partition coefficient (Wildman–Crippen LogP) is -0.547. The summed E-state index contributed by atoms with van der Waals surface area (Å²) in [7, 11) is 0. The van der Waals surface area contributed by atoms with Crippen LogP contribution in [0.3, 0.4) is 0 Å². The van der Waals surface area contributed by atoms with Crippen LogP contribution in [0.15, 0.2) is 31.0 Å². The molecule has 0 atom stereocenters. The average Bonchev–Trinajstić information content (AvgIpc) is 2.93. The molecule has 0 unspecified atom stereocenters. The molecule has 0 radical (unpaired) electrons. The van der Waals surface area contributed by atoms with E-state index in [2.05, 4.69) is 15.0 Å². The fraction of sp³-hybridized carbons (Fsp3) is 0.364. The Balaban J connectivity index is 2.25. The first-order chi connectivity index (χ1) is 8.85. The van der Waals surface area contributed by atoms with E-state index in [4.69, 9.17) is 10.2 Å². The van der Waals surface area contributed by atoms with Crippen molar-refractivity contribution in [2.24, 2.45) is 0 Å². The van der Waals surface area contributed by atoms with Crippen LogP contribution in [-0.2, 0) is 0 Å². The Bertz CT molecular complexity index is 468. The molecule has 0 aliphatic rings. The Kier molecular flexibility index (Phi) is 4.21. The highest BCUT2D eigenvalue weighted by Crippen LogP contribution is 2.10. The number of hydrogen-bond donors (Lipinski definition) is 2. The van der Waals surface area contributed by atoms with Gasteiger partial charge in [-0.05, 0) is 6.07 Å². The van der Waals surface area contributed by atoms with Crippen molar-refractivity contribution < 1.29 is 10.2 Å². The lowest BCUT2D eigenvalue weighted by atomic mass is 10.5. The van der Waals surface area contributed by atoms with Crippen molar-refractivity contribution in [3.63, 3.8) is 0 Å². The van der Waals surface area contributed by atoms with Crippen molar-refractivity contribution in [3.8, 4) is 5.82 Å². The van der Waals surface area contributed by atoms with Crippen molar-refractivity contribution in [2.75, 3.05) is 31.2 Å². The molecule has 2 aromatic rings. The van der Waals surface area contributed by atoms with E-state index in [1.807, 2.05) is 0 Å². The minimum Gasteiger partial charge on any atom is -0.395 e. The molecule has 2 aromatic heterocycles. The van der Waals surface area contributed by atoms with E-state index in [0.717, 1.165) is 0 Å². The summed E-state index contributed by atoms with van der Waals surface area (Å²) in [5.74, 6) is 1.17. The monoisotopic (exact) mass is 249 g/mol. The number of aliphatic hydroxyl groups is 2. The maximum absolute atomic E-state index is 8.98. The largest absolute Gasteiger partial charge is 0.395 e. The third-order valence-electron chi connectivity index (χ3n) is 2.42. The van der Waals surface area contributed by atoms with E-state index in [0.29, 0.717) is 24.9 Å². The Hall–Kier alpha value is -1.99. The standard InChI is InChI=1S/C11H15N5O2/c17-7-5-15(6-8-18)11-13-2-1-10(14-11)16-4-3-12-9-16/h1-4,9,17-18H,5-8H2. The van der Waals surface area contributed by atoms with Gasteiger partial charge in [-0.1, -0.05) is 0 Å². The smallest absolute Gasteiger partial charge is 0.227 e. The topological polar surface area (TPSA) is 87.3 Å². The number of imidazole rings is 1. The SMILES string of the molecule is OCCN(CCO)c1nccc(-n2ccnc2)n1. The molecule has 0 saturated carbocycles. The highest BCUT2D eigenvalue weighted by atomic mass is 16.3. The second kappa shape index (κ2) is 6.08. The second-order valence-electron chi connectivity index (χ2n) is 3.62. The summed E-state index contributed by atoms with van der Waals surface area (Å²) in [5, 5.41) is 18.0. The van der Waals surface area contributed by atoms with Gasteiger partial charge in [-0.3, -0.25) is 4.57 Å². The number of rotatable bonds is 6. The molecule has 96 valence electrons. The third-order valence-corrected chi connectivity index (χ3v) is 2.42. The maximum Gasteiger partial charge on any atom is 0.227 e. The molecule has 7 nitrogen and oxygen atoms in total.